The second kappa shape index (κ2) is 7.83. The Balaban J connectivity index is 1.61. The first kappa shape index (κ1) is 19.8. The van der Waals surface area contributed by atoms with Crippen LogP contribution in [0, 0.1) is 12.7 Å². The van der Waals surface area contributed by atoms with E-state index in [0.29, 0.717) is 27.5 Å². The van der Waals surface area contributed by atoms with Crippen LogP contribution in [0.25, 0.3) is 22.2 Å². The van der Waals surface area contributed by atoms with E-state index in [1.54, 1.807) is 18.2 Å². The van der Waals surface area contributed by atoms with E-state index < -0.39 is 5.82 Å². The van der Waals surface area contributed by atoms with Gasteiger partial charge in [-0.15, -0.1) is 0 Å². The maximum absolute atomic E-state index is 13.7. The zero-order chi connectivity index (χ0) is 21.5. The largest absolute Gasteiger partial charge is 0.307 e. The molecule has 5 nitrogen and oxygen atoms in total. The quantitative estimate of drug-likeness (QED) is 0.271. The molecule has 2 aromatic carbocycles. The van der Waals surface area contributed by atoms with Crippen molar-refractivity contribution in [3.63, 3.8) is 0 Å². The summed E-state index contributed by atoms with van der Waals surface area (Å²) in [6.45, 7) is 2.01. The third kappa shape index (κ3) is 3.60. The topological polar surface area (TPSA) is 52.2 Å². The van der Waals surface area contributed by atoms with Crippen molar-refractivity contribution in [3.8, 4) is 5.69 Å². The van der Waals surface area contributed by atoms with Crippen LogP contribution in [0.1, 0.15) is 11.3 Å². The second-order valence-electron chi connectivity index (χ2n) is 7.09. The van der Waals surface area contributed by atoms with Crippen LogP contribution in [0.5, 0.6) is 0 Å². The molecule has 0 unspecified atom stereocenters. The summed E-state index contributed by atoms with van der Waals surface area (Å²) in [4.78, 5) is 22.7. The summed E-state index contributed by atoms with van der Waals surface area (Å²) in [5.74, 6) is -0.0256. The van der Waals surface area contributed by atoms with E-state index in [4.69, 9.17) is 21.6 Å². The number of aromatic nitrogens is 4. The number of nitrogens with zero attached hydrogens (tertiary/aromatic N) is 4. The number of aryl methyl sites for hydroxylation is 1. The van der Waals surface area contributed by atoms with E-state index >= 15 is 0 Å². The highest BCUT2D eigenvalue weighted by molar-refractivity contribution is 7.98. The minimum absolute atomic E-state index is 0.0515. The van der Waals surface area contributed by atoms with Crippen molar-refractivity contribution in [1.82, 2.24) is 18.9 Å². The van der Waals surface area contributed by atoms with Crippen LogP contribution in [0.3, 0.4) is 0 Å². The van der Waals surface area contributed by atoms with Crippen molar-refractivity contribution in [2.45, 2.75) is 17.8 Å². The lowest BCUT2D eigenvalue weighted by atomic mass is 10.2. The molecule has 31 heavy (non-hydrogen) atoms. The van der Waals surface area contributed by atoms with Gasteiger partial charge in [-0.2, -0.15) is 0 Å². The van der Waals surface area contributed by atoms with Gasteiger partial charge in [0.2, 0.25) is 0 Å². The third-order valence-electron chi connectivity index (χ3n) is 4.98. The number of pyridine rings is 1. The molecule has 0 aliphatic heterocycles. The summed E-state index contributed by atoms with van der Waals surface area (Å²) >= 11 is 7.38. The van der Waals surface area contributed by atoms with Crippen molar-refractivity contribution in [3.05, 3.63) is 99.4 Å². The van der Waals surface area contributed by atoms with Gasteiger partial charge in [0, 0.05) is 18.1 Å². The number of hydrogen-bond acceptors (Lipinski definition) is 4. The van der Waals surface area contributed by atoms with Gasteiger partial charge in [0.05, 0.1) is 27.3 Å². The molecule has 0 aliphatic rings. The molecule has 5 rings (SSSR count). The normalized spacial score (nSPS) is 11.5. The molecule has 0 N–H and O–H groups in total. The smallest absolute Gasteiger partial charge is 0.266 e. The van der Waals surface area contributed by atoms with E-state index in [-0.39, 0.29) is 10.6 Å². The third-order valence-corrected chi connectivity index (χ3v) is 6.25. The van der Waals surface area contributed by atoms with Crippen molar-refractivity contribution in [2.24, 2.45) is 0 Å². The standard InChI is InChI=1S/C23H16ClFN4OS/c1-14-5-4-10-28-12-15(26-21(14)28)13-31-23-27-20-7-3-2-6-17(20)22(30)29(23)16-8-9-19(25)18(24)11-16/h2-12H,13H2,1H3. The van der Waals surface area contributed by atoms with Gasteiger partial charge >= 0.3 is 0 Å². The summed E-state index contributed by atoms with van der Waals surface area (Å²) in [6.07, 6.45) is 3.92. The van der Waals surface area contributed by atoms with E-state index in [9.17, 15) is 9.18 Å². The van der Waals surface area contributed by atoms with E-state index in [0.717, 1.165) is 16.9 Å². The Labute approximate surface area is 186 Å². The monoisotopic (exact) mass is 450 g/mol. The molecule has 0 fully saturated rings. The fourth-order valence-electron chi connectivity index (χ4n) is 3.47. The molecule has 0 amide bonds. The summed E-state index contributed by atoms with van der Waals surface area (Å²) in [6, 6.07) is 15.4. The minimum atomic E-state index is -0.540. The van der Waals surface area contributed by atoms with Gasteiger partial charge in [-0.1, -0.05) is 41.6 Å². The molecule has 0 radical (unpaired) electrons. The fraction of sp³-hybridized carbons (Fsp3) is 0.0870. The van der Waals surface area contributed by atoms with Gasteiger partial charge in [0.15, 0.2) is 5.16 Å². The SMILES string of the molecule is Cc1cccn2cc(CSc3nc4ccccc4c(=O)n3-c3ccc(F)c(Cl)c3)nc12. The van der Waals surface area contributed by atoms with Gasteiger partial charge < -0.3 is 4.40 Å². The lowest BCUT2D eigenvalue weighted by molar-refractivity contribution is 0.627. The van der Waals surface area contributed by atoms with Crippen LogP contribution < -0.4 is 5.56 Å². The zero-order valence-corrected chi connectivity index (χ0v) is 18.0. The molecule has 0 spiro atoms. The van der Waals surface area contributed by atoms with Crippen LogP contribution in [-0.2, 0) is 5.75 Å². The van der Waals surface area contributed by atoms with Gasteiger partial charge in [0.25, 0.3) is 5.56 Å². The lowest BCUT2D eigenvalue weighted by Gasteiger charge is -2.13. The highest BCUT2D eigenvalue weighted by atomic mass is 35.5. The predicted octanol–water partition coefficient (Wildman–Crippen LogP) is 5.43. The molecule has 0 saturated carbocycles. The Bertz CT molecular complexity index is 1510. The second-order valence-corrected chi connectivity index (χ2v) is 8.44. The Kier molecular flexibility index (Phi) is 5.00. The van der Waals surface area contributed by atoms with Crippen LogP contribution in [0.15, 0.2) is 76.9 Å². The van der Waals surface area contributed by atoms with Crippen LogP contribution in [0.4, 0.5) is 4.39 Å². The van der Waals surface area contributed by atoms with Gasteiger partial charge in [-0.3, -0.25) is 9.36 Å². The molecule has 8 heteroatoms. The Morgan fingerprint density at radius 2 is 1.94 bits per heavy atom. The number of thioether (sulfide) groups is 1. The number of benzene rings is 2. The summed E-state index contributed by atoms with van der Waals surface area (Å²) in [5, 5.41) is 0.917. The van der Waals surface area contributed by atoms with Crippen molar-refractivity contribution in [1.29, 1.82) is 0 Å². The molecule has 3 heterocycles. The molecule has 3 aromatic heterocycles. The summed E-state index contributed by atoms with van der Waals surface area (Å²) in [7, 11) is 0. The van der Waals surface area contributed by atoms with Crippen molar-refractivity contribution >= 4 is 39.9 Å². The number of para-hydroxylation sites is 1. The summed E-state index contributed by atoms with van der Waals surface area (Å²) < 4.78 is 17.2. The number of rotatable bonds is 4. The number of imidazole rings is 1. The Morgan fingerprint density at radius 3 is 2.74 bits per heavy atom. The fourth-order valence-corrected chi connectivity index (χ4v) is 4.54. The molecule has 0 atom stereocenters. The Morgan fingerprint density at radius 1 is 1.10 bits per heavy atom. The molecule has 0 bridgehead atoms. The lowest BCUT2D eigenvalue weighted by Crippen LogP contribution is -2.21. The van der Waals surface area contributed by atoms with Crippen molar-refractivity contribution < 1.29 is 4.39 Å². The highest BCUT2D eigenvalue weighted by Gasteiger charge is 2.15. The zero-order valence-electron chi connectivity index (χ0n) is 16.4. The maximum Gasteiger partial charge on any atom is 0.266 e. The first-order chi connectivity index (χ1) is 15.0. The summed E-state index contributed by atoms with van der Waals surface area (Å²) in [5.41, 5.74) is 3.67. The van der Waals surface area contributed by atoms with Crippen LogP contribution >= 0.6 is 23.4 Å². The average Bonchev–Trinajstić information content (AvgIpc) is 3.19. The minimum Gasteiger partial charge on any atom is -0.307 e. The van der Waals surface area contributed by atoms with E-state index in [2.05, 4.69) is 0 Å². The highest BCUT2D eigenvalue weighted by Crippen LogP contribution is 2.26. The van der Waals surface area contributed by atoms with E-state index in [1.807, 2.05) is 41.9 Å². The number of fused-ring (bicyclic) bond motifs is 2. The van der Waals surface area contributed by atoms with Crippen molar-refractivity contribution in [2.75, 3.05) is 0 Å². The predicted molar refractivity (Wildman–Crippen MR) is 122 cm³/mol. The molecule has 0 saturated heterocycles. The van der Waals surface area contributed by atoms with Gasteiger partial charge in [-0.25, -0.2) is 14.4 Å². The molecular formula is C23H16ClFN4OS. The maximum atomic E-state index is 13.7. The molecule has 154 valence electrons. The molecule has 5 aromatic rings. The molecule has 0 aliphatic carbocycles. The average molecular weight is 451 g/mol. The number of halogens is 2. The van der Waals surface area contributed by atoms with E-state index in [1.165, 1.54) is 34.5 Å². The number of hydrogen-bond donors (Lipinski definition) is 0. The van der Waals surface area contributed by atoms with Gasteiger partial charge in [0.1, 0.15) is 11.5 Å². The first-order valence-corrected chi connectivity index (χ1v) is 10.9. The first-order valence-electron chi connectivity index (χ1n) is 9.54. The van der Waals surface area contributed by atoms with Gasteiger partial charge in [-0.05, 0) is 48.9 Å². The van der Waals surface area contributed by atoms with Crippen LogP contribution in [0.2, 0.25) is 5.02 Å². The van der Waals surface area contributed by atoms with Crippen LogP contribution in [-0.4, -0.2) is 18.9 Å². The molecular weight excluding hydrogens is 435 g/mol. The Hall–Kier alpha value is -3.16.